The summed E-state index contributed by atoms with van der Waals surface area (Å²) in [6.07, 6.45) is 5.41. The molecule has 1 saturated carbocycles. The Kier molecular flexibility index (Phi) is 4.38. The summed E-state index contributed by atoms with van der Waals surface area (Å²) in [5.41, 5.74) is 0.915. The first-order chi connectivity index (χ1) is 8.58. The van der Waals surface area contributed by atoms with Crippen molar-refractivity contribution >= 4 is 17.2 Å². The van der Waals surface area contributed by atoms with Crippen molar-refractivity contribution in [3.05, 3.63) is 16.1 Å². The molecule has 0 spiro atoms. The molecule has 1 aromatic heterocycles. The van der Waals surface area contributed by atoms with Gasteiger partial charge in [-0.05, 0) is 25.7 Å². The molecule has 0 aromatic carbocycles. The molecule has 0 bridgehead atoms. The molecule has 1 aromatic rings. The maximum Gasteiger partial charge on any atom is 0.228 e. The lowest BCUT2D eigenvalue weighted by molar-refractivity contribution is -0.132. The fourth-order valence-corrected chi connectivity index (χ4v) is 3.44. The molecule has 1 heterocycles. The number of likely N-dealkylation sites (N-methyl/N-ethyl adjacent to an activating group) is 1. The topological polar surface area (TPSA) is 33.2 Å². The minimum atomic E-state index is 0.207. The van der Waals surface area contributed by atoms with Gasteiger partial charge in [-0.15, -0.1) is 11.3 Å². The lowest BCUT2D eigenvalue weighted by Gasteiger charge is -2.36. The summed E-state index contributed by atoms with van der Waals surface area (Å²) in [5.74, 6) is 0.837. The van der Waals surface area contributed by atoms with E-state index in [9.17, 15) is 4.79 Å². The maximum absolute atomic E-state index is 12.3. The highest BCUT2D eigenvalue weighted by Gasteiger charge is 2.27. The number of hydrogen-bond donors (Lipinski definition) is 0. The molecule has 18 heavy (non-hydrogen) atoms. The molecular formula is C14H22N2OS. The third-order valence-corrected chi connectivity index (χ3v) is 4.78. The van der Waals surface area contributed by atoms with Crippen LogP contribution >= 0.6 is 11.3 Å². The van der Waals surface area contributed by atoms with Crippen molar-refractivity contribution in [2.45, 2.75) is 52.0 Å². The number of aryl methyl sites for hydroxylation is 1. The Bertz CT molecular complexity index is 416. The summed E-state index contributed by atoms with van der Waals surface area (Å²) in [5, 5.41) is 3.03. The summed E-state index contributed by atoms with van der Waals surface area (Å²) in [6.45, 7) is 4.24. The molecule has 0 aliphatic heterocycles. The van der Waals surface area contributed by atoms with Gasteiger partial charge in [-0.3, -0.25) is 4.79 Å². The first kappa shape index (κ1) is 13.5. The second-order valence-electron chi connectivity index (χ2n) is 5.37. The molecule has 4 heteroatoms. The largest absolute Gasteiger partial charge is 0.342 e. The zero-order valence-corrected chi connectivity index (χ0v) is 12.3. The van der Waals surface area contributed by atoms with E-state index in [4.69, 9.17) is 0 Å². The first-order valence-electron chi connectivity index (χ1n) is 6.74. The van der Waals surface area contributed by atoms with Crippen LogP contribution in [0.4, 0.5) is 0 Å². The molecule has 1 amide bonds. The molecule has 1 aliphatic rings. The van der Waals surface area contributed by atoms with Crippen molar-refractivity contribution in [3.8, 4) is 0 Å². The van der Waals surface area contributed by atoms with Crippen molar-refractivity contribution in [1.29, 1.82) is 0 Å². The van der Waals surface area contributed by atoms with Crippen LogP contribution in [0.2, 0.25) is 0 Å². The van der Waals surface area contributed by atoms with Crippen molar-refractivity contribution in [2.75, 3.05) is 7.05 Å². The van der Waals surface area contributed by atoms with Gasteiger partial charge in [-0.1, -0.05) is 19.8 Å². The van der Waals surface area contributed by atoms with Crippen molar-refractivity contribution in [2.24, 2.45) is 5.92 Å². The number of amides is 1. The van der Waals surface area contributed by atoms with Crippen LogP contribution in [0.1, 0.15) is 43.3 Å². The summed E-state index contributed by atoms with van der Waals surface area (Å²) < 4.78 is 0. The van der Waals surface area contributed by atoms with Crippen LogP contribution in [0.15, 0.2) is 5.38 Å². The number of thiazole rings is 1. The molecule has 1 fully saturated rings. The predicted molar refractivity (Wildman–Crippen MR) is 74.7 cm³/mol. The number of aromatic nitrogens is 1. The smallest absolute Gasteiger partial charge is 0.228 e. The van der Waals surface area contributed by atoms with E-state index in [0.29, 0.717) is 18.4 Å². The van der Waals surface area contributed by atoms with E-state index in [-0.39, 0.29) is 5.91 Å². The Morgan fingerprint density at radius 1 is 1.50 bits per heavy atom. The summed E-state index contributed by atoms with van der Waals surface area (Å²) in [6, 6.07) is 0.422. The summed E-state index contributed by atoms with van der Waals surface area (Å²) in [7, 11) is 1.95. The second kappa shape index (κ2) is 5.83. The average Bonchev–Trinajstić information content (AvgIpc) is 2.74. The number of hydrogen-bond acceptors (Lipinski definition) is 3. The van der Waals surface area contributed by atoms with E-state index >= 15 is 0 Å². The number of carbonyl (C=O) groups excluding carboxylic acids is 1. The zero-order valence-electron chi connectivity index (χ0n) is 11.5. The van der Waals surface area contributed by atoms with Gasteiger partial charge in [-0.25, -0.2) is 4.98 Å². The predicted octanol–water partition coefficient (Wildman–Crippen LogP) is 3.03. The Balaban J connectivity index is 1.95. The Morgan fingerprint density at radius 3 is 2.83 bits per heavy atom. The highest BCUT2D eigenvalue weighted by Crippen LogP contribution is 2.27. The van der Waals surface area contributed by atoms with Crippen LogP contribution < -0.4 is 0 Å². The van der Waals surface area contributed by atoms with Crippen LogP contribution in [0.3, 0.4) is 0 Å². The third-order valence-electron chi connectivity index (χ3n) is 3.96. The molecule has 0 N–H and O–H groups in total. The van der Waals surface area contributed by atoms with Gasteiger partial charge in [0, 0.05) is 18.5 Å². The molecule has 3 nitrogen and oxygen atoms in total. The number of carbonyl (C=O) groups is 1. The highest BCUT2D eigenvalue weighted by molar-refractivity contribution is 7.09. The quantitative estimate of drug-likeness (QED) is 0.842. The van der Waals surface area contributed by atoms with Gasteiger partial charge >= 0.3 is 0 Å². The normalized spacial score (nSPS) is 23.9. The third kappa shape index (κ3) is 3.10. The minimum absolute atomic E-state index is 0.207. The molecule has 1 aliphatic carbocycles. The fraction of sp³-hybridized carbons (Fsp3) is 0.714. The van der Waals surface area contributed by atoms with Gasteiger partial charge in [-0.2, -0.15) is 0 Å². The number of rotatable bonds is 3. The minimum Gasteiger partial charge on any atom is -0.342 e. The van der Waals surface area contributed by atoms with Gasteiger partial charge in [0.1, 0.15) is 0 Å². The maximum atomic E-state index is 12.3. The summed E-state index contributed by atoms with van der Waals surface area (Å²) >= 11 is 1.61. The van der Waals surface area contributed by atoms with E-state index in [1.165, 1.54) is 19.3 Å². The van der Waals surface area contributed by atoms with E-state index in [0.717, 1.165) is 17.1 Å². The zero-order chi connectivity index (χ0) is 13.1. The van der Waals surface area contributed by atoms with Crippen LogP contribution in [0, 0.1) is 12.8 Å². The molecule has 2 rings (SSSR count). The Hall–Kier alpha value is -0.900. The van der Waals surface area contributed by atoms with Gasteiger partial charge in [0.05, 0.1) is 17.1 Å². The van der Waals surface area contributed by atoms with Crippen LogP contribution in [0.5, 0.6) is 0 Å². The Morgan fingerprint density at radius 2 is 2.22 bits per heavy atom. The molecular weight excluding hydrogens is 244 g/mol. The average molecular weight is 266 g/mol. The van der Waals surface area contributed by atoms with E-state index < -0.39 is 0 Å². The second-order valence-corrected chi connectivity index (χ2v) is 6.43. The lowest BCUT2D eigenvalue weighted by atomic mass is 9.85. The van der Waals surface area contributed by atoms with E-state index in [1.807, 2.05) is 24.3 Å². The van der Waals surface area contributed by atoms with Crippen LogP contribution in [-0.2, 0) is 11.2 Å². The SMILES string of the molecule is Cc1nc(CC(=O)N(C)[C@@H]2CCCC[C@H]2C)cs1. The first-order valence-corrected chi connectivity index (χ1v) is 7.62. The highest BCUT2D eigenvalue weighted by atomic mass is 32.1. The van der Waals surface area contributed by atoms with Crippen molar-refractivity contribution < 1.29 is 4.79 Å². The van der Waals surface area contributed by atoms with Crippen LogP contribution in [-0.4, -0.2) is 28.9 Å². The van der Waals surface area contributed by atoms with Gasteiger partial charge in [0.25, 0.3) is 0 Å². The molecule has 0 unspecified atom stereocenters. The van der Waals surface area contributed by atoms with Crippen molar-refractivity contribution in [3.63, 3.8) is 0 Å². The molecule has 0 radical (unpaired) electrons. The Labute approximate surface area is 113 Å². The molecule has 2 atom stereocenters. The molecule has 0 saturated heterocycles. The van der Waals surface area contributed by atoms with Crippen molar-refractivity contribution in [1.82, 2.24) is 9.88 Å². The monoisotopic (exact) mass is 266 g/mol. The standard InChI is InChI=1S/C14H22N2OS/c1-10-6-4-5-7-13(10)16(3)14(17)8-12-9-18-11(2)15-12/h9-10,13H,4-8H2,1-3H3/t10-,13-/m1/s1. The van der Waals surface area contributed by atoms with Gasteiger partial charge in [0.15, 0.2) is 0 Å². The lowest BCUT2D eigenvalue weighted by Crippen LogP contribution is -2.43. The fourth-order valence-electron chi connectivity index (χ4n) is 2.83. The summed E-state index contributed by atoms with van der Waals surface area (Å²) in [4.78, 5) is 18.6. The van der Waals surface area contributed by atoms with E-state index in [2.05, 4.69) is 11.9 Å². The van der Waals surface area contributed by atoms with E-state index in [1.54, 1.807) is 11.3 Å². The molecule has 100 valence electrons. The van der Waals surface area contributed by atoms with Gasteiger partial charge < -0.3 is 4.90 Å². The number of nitrogens with zero attached hydrogens (tertiary/aromatic N) is 2. The van der Waals surface area contributed by atoms with Gasteiger partial charge in [0.2, 0.25) is 5.91 Å². The van der Waals surface area contributed by atoms with Crippen LogP contribution in [0.25, 0.3) is 0 Å².